The number of benzene rings is 3. The van der Waals surface area contributed by atoms with E-state index in [1.165, 1.54) is 0 Å². The number of ether oxygens (including phenoxy) is 2. The molecule has 0 heterocycles. The fraction of sp³-hybridized carbons (Fsp3) is 0.367. The summed E-state index contributed by atoms with van der Waals surface area (Å²) in [5.41, 5.74) is 3.38. The van der Waals surface area contributed by atoms with E-state index in [4.69, 9.17) is 32.7 Å². The maximum Gasteiger partial charge on any atom is 0.262 e. The lowest BCUT2D eigenvalue weighted by Gasteiger charge is -2.19. The standard InChI is InChI=1S/C30H35Cl2N3O4/c1-4-15-38-27-13-11-21-8-5-6-9-23(21)24(27)19-33-35-30(37)26(17-20(2)3)34-29(36)10-7-16-39-28-14-12-22(31)18-25(28)32/h5-6,8-9,11-14,18-20,26H,4,7,10,15-17H2,1-3H3,(H,34,36)(H,35,37)/b33-19-/t26-/m1/s1. The molecule has 3 aromatic rings. The second-order valence-electron chi connectivity index (χ2n) is 9.56. The Morgan fingerprint density at radius 3 is 2.49 bits per heavy atom. The summed E-state index contributed by atoms with van der Waals surface area (Å²) < 4.78 is 11.5. The van der Waals surface area contributed by atoms with E-state index in [0.717, 1.165) is 22.8 Å². The second kappa shape index (κ2) is 15.3. The minimum absolute atomic E-state index is 0.188. The van der Waals surface area contributed by atoms with E-state index in [1.807, 2.05) is 57.2 Å². The first-order chi connectivity index (χ1) is 18.8. The van der Waals surface area contributed by atoms with Crippen LogP contribution in [0.5, 0.6) is 11.5 Å². The van der Waals surface area contributed by atoms with Crippen LogP contribution in [-0.4, -0.2) is 37.3 Å². The summed E-state index contributed by atoms with van der Waals surface area (Å²) in [6.45, 7) is 6.90. The predicted molar refractivity (Wildman–Crippen MR) is 158 cm³/mol. The van der Waals surface area contributed by atoms with Gasteiger partial charge in [0.1, 0.15) is 17.5 Å². The molecule has 0 unspecified atom stereocenters. The van der Waals surface area contributed by atoms with Gasteiger partial charge in [-0.05, 0) is 60.2 Å². The van der Waals surface area contributed by atoms with Crippen molar-refractivity contribution in [1.29, 1.82) is 0 Å². The van der Waals surface area contributed by atoms with E-state index >= 15 is 0 Å². The number of halogens is 2. The van der Waals surface area contributed by atoms with Crippen LogP contribution in [0.1, 0.15) is 52.0 Å². The third-order valence-corrected chi connectivity index (χ3v) is 6.35. The number of rotatable bonds is 14. The number of carbonyl (C=O) groups is 2. The molecule has 39 heavy (non-hydrogen) atoms. The van der Waals surface area contributed by atoms with Crippen molar-refractivity contribution in [2.45, 2.75) is 52.5 Å². The van der Waals surface area contributed by atoms with Crippen LogP contribution in [0.3, 0.4) is 0 Å². The van der Waals surface area contributed by atoms with E-state index in [-0.39, 0.29) is 24.2 Å². The molecule has 0 fully saturated rings. The maximum absolute atomic E-state index is 13.0. The largest absolute Gasteiger partial charge is 0.493 e. The number of carbonyl (C=O) groups excluding carboxylic acids is 2. The van der Waals surface area contributed by atoms with Crippen molar-refractivity contribution in [3.8, 4) is 11.5 Å². The number of hydrogen-bond acceptors (Lipinski definition) is 5. The van der Waals surface area contributed by atoms with Gasteiger partial charge >= 0.3 is 0 Å². The Bertz CT molecular complexity index is 1300. The molecular weight excluding hydrogens is 537 g/mol. The zero-order valence-electron chi connectivity index (χ0n) is 22.5. The first-order valence-electron chi connectivity index (χ1n) is 13.1. The molecule has 3 aromatic carbocycles. The average Bonchev–Trinajstić information content (AvgIpc) is 2.90. The molecule has 208 valence electrons. The zero-order chi connectivity index (χ0) is 28.2. The highest BCUT2D eigenvalue weighted by Gasteiger charge is 2.21. The first kappa shape index (κ1) is 30.3. The van der Waals surface area contributed by atoms with Gasteiger partial charge in [0.05, 0.1) is 24.5 Å². The van der Waals surface area contributed by atoms with Gasteiger partial charge in [0.2, 0.25) is 5.91 Å². The van der Waals surface area contributed by atoms with Gasteiger partial charge in [-0.2, -0.15) is 5.10 Å². The summed E-state index contributed by atoms with van der Waals surface area (Å²) in [5, 5.41) is 10.0. The fourth-order valence-electron chi connectivity index (χ4n) is 3.96. The number of amides is 2. The number of fused-ring (bicyclic) bond motifs is 1. The second-order valence-corrected chi connectivity index (χ2v) is 10.4. The van der Waals surface area contributed by atoms with Crippen molar-refractivity contribution in [3.05, 3.63) is 70.2 Å². The Hall–Kier alpha value is -3.29. The van der Waals surface area contributed by atoms with Gasteiger partial charge in [0.25, 0.3) is 5.91 Å². The Labute approximate surface area is 239 Å². The average molecular weight is 573 g/mol. The lowest BCUT2D eigenvalue weighted by atomic mass is 10.0. The molecule has 1 atom stereocenters. The molecule has 0 aliphatic heterocycles. The number of hydrogen-bond donors (Lipinski definition) is 2. The van der Waals surface area contributed by atoms with Crippen molar-refractivity contribution < 1.29 is 19.1 Å². The molecule has 0 bridgehead atoms. The van der Waals surface area contributed by atoms with Gasteiger partial charge in [0, 0.05) is 17.0 Å². The normalized spacial score (nSPS) is 12.1. The summed E-state index contributed by atoms with van der Waals surface area (Å²) in [6.07, 6.45) is 3.60. The zero-order valence-corrected chi connectivity index (χ0v) is 24.0. The predicted octanol–water partition coefficient (Wildman–Crippen LogP) is 6.78. The van der Waals surface area contributed by atoms with Crippen LogP contribution >= 0.6 is 23.2 Å². The molecule has 9 heteroatoms. The molecule has 0 saturated heterocycles. The molecular formula is C30H35Cl2N3O4. The third kappa shape index (κ3) is 9.44. The number of nitrogens with one attached hydrogen (secondary N) is 2. The highest BCUT2D eigenvalue weighted by Crippen LogP contribution is 2.28. The summed E-state index contributed by atoms with van der Waals surface area (Å²) in [6, 6.07) is 16.1. The quantitative estimate of drug-likeness (QED) is 0.127. The van der Waals surface area contributed by atoms with E-state index in [0.29, 0.717) is 47.6 Å². The highest BCUT2D eigenvalue weighted by atomic mass is 35.5. The van der Waals surface area contributed by atoms with Crippen LogP contribution in [0.2, 0.25) is 10.0 Å². The van der Waals surface area contributed by atoms with E-state index in [2.05, 4.69) is 15.8 Å². The fourth-order valence-corrected chi connectivity index (χ4v) is 4.42. The Kier molecular flexibility index (Phi) is 11.9. The van der Waals surface area contributed by atoms with Crippen LogP contribution in [0.4, 0.5) is 0 Å². The van der Waals surface area contributed by atoms with Crippen LogP contribution in [0, 0.1) is 5.92 Å². The van der Waals surface area contributed by atoms with Gasteiger partial charge in [-0.3, -0.25) is 9.59 Å². The Balaban J connectivity index is 1.59. The highest BCUT2D eigenvalue weighted by molar-refractivity contribution is 6.35. The molecule has 0 aromatic heterocycles. The van der Waals surface area contributed by atoms with Gasteiger partial charge in [0.15, 0.2) is 0 Å². The smallest absolute Gasteiger partial charge is 0.262 e. The number of nitrogens with zero attached hydrogens (tertiary/aromatic N) is 1. The van der Waals surface area contributed by atoms with E-state index in [1.54, 1.807) is 24.4 Å². The molecule has 0 spiro atoms. The summed E-state index contributed by atoms with van der Waals surface area (Å²) in [7, 11) is 0. The van der Waals surface area contributed by atoms with E-state index < -0.39 is 6.04 Å². The lowest BCUT2D eigenvalue weighted by Crippen LogP contribution is -2.46. The van der Waals surface area contributed by atoms with Crippen molar-refractivity contribution in [2.75, 3.05) is 13.2 Å². The van der Waals surface area contributed by atoms with Crippen molar-refractivity contribution >= 4 is 52.0 Å². The minimum Gasteiger partial charge on any atom is -0.493 e. The van der Waals surface area contributed by atoms with Crippen LogP contribution < -0.4 is 20.2 Å². The third-order valence-electron chi connectivity index (χ3n) is 5.82. The van der Waals surface area contributed by atoms with Gasteiger partial charge in [-0.15, -0.1) is 0 Å². The maximum atomic E-state index is 13.0. The van der Waals surface area contributed by atoms with Gasteiger partial charge < -0.3 is 14.8 Å². The topological polar surface area (TPSA) is 89.0 Å². The first-order valence-corrected chi connectivity index (χ1v) is 13.9. The molecule has 2 amide bonds. The van der Waals surface area contributed by atoms with Gasteiger partial charge in [-0.25, -0.2) is 5.43 Å². The summed E-state index contributed by atoms with van der Waals surface area (Å²) in [4.78, 5) is 25.6. The van der Waals surface area contributed by atoms with E-state index in [9.17, 15) is 9.59 Å². The van der Waals surface area contributed by atoms with Crippen molar-refractivity contribution in [1.82, 2.24) is 10.7 Å². The van der Waals surface area contributed by atoms with Crippen molar-refractivity contribution in [3.63, 3.8) is 0 Å². The monoisotopic (exact) mass is 571 g/mol. The summed E-state index contributed by atoms with van der Waals surface area (Å²) in [5.74, 6) is 0.768. The number of hydrazone groups is 1. The van der Waals surface area contributed by atoms with Crippen LogP contribution in [0.15, 0.2) is 59.7 Å². The molecule has 0 radical (unpaired) electrons. The summed E-state index contributed by atoms with van der Waals surface area (Å²) >= 11 is 12.0. The van der Waals surface area contributed by atoms with Crippen LogP contribution in [-0.2, 0) is 9.59 Å². The van der Waals surface area contributed by atoms with Gasteiger partial charge in [-0.1, -0.05) is 74.3 Å². The Morgan fingerprint density at radius 2 is 1.74 bits per heavy atom. The molecule has 3 rings (SSSR count). The molecule has 0 aliphatic rings. The van der Waals surface area contributed by atoms with Crippen LogP contribution in [0.25, 0.3) is 10.8 Å². The molecule has 0 aliphatic carbocycles. The Morgan fingerprint density at radius 1 is 1.00 bits per heavy atom. The SMILES string of the molecule is CCCOc1ccc2ccccc2c1/C=N\NC(=O)[C@@H](CC(C)C)NC(=O)CCCOc1ccc(Cl)cc1Cl. The molecule has 7 nitrogen and oxygen atoms in total. The molecule has 2 N–H and O–H groups in total. The minimum atomic E-state index is -0.718. The molecule has 0 saturated carbocycles. The van der Waals surface area contributed by atoms with Crippen molar-refractivity contribution in [2.24, 2.45) is 11.0 Å². The lowest BCUT2D eigenvalue weighted by molar-refractivity contribution is -0.129.